The van der Waals surface area contributed by atoms with E-state index < -0.39 is 6.10 Å². The number of rotatable bonds is 4. The smallest absolute Gasteiger partial charge is 0.254 e. The first-order valence-electron chi connectivity index (χ1n) is 8.29. The minimum Gasteiger partial charge on any atom is -0.379 e. The van der Waals surface area contributed by atoms with Crippen molar-refractivity contribution in [1.29, 1.82) is 0 Å². The Morgan fingerprint density at radius 3 is 2.65 bits per heavy atom. The summed E-state index contributed by atoms with van der Waals surface area (Å²) in [5.74, 6) is -0.0915. The molecule has 1 aromatic carbocycles. The second-order valence-corrected chi connectivity index (χ2v) is 6.00. The minimum absolute atomic E-state index is 0.0915. The number of morpholine rings is 2. The number of ether oxygens (including phenoxy) is 2. The van der Waals surface area contributed by atoms with E-state index in [0.717, 1.165) is 38.5 Å². The van der Waals surface area contributed by atoms with E-state index in [0.29, 0.717) is 19.2 Å². The van der Waals surface area contributed by atoms with Gasteiger partial charge in [-0.3, -0.25) is 9.69 Å². The van der Waals surface area contributed by atoms with Crippen LogP contribution in [0.5, 0.6) is 0 Å². The van der Waals surface area contributed by atoms with Crippen molar-refractivity contribution < 1.29 is 14.3 Å². The summed E-state index contributed by atoms with van der Waals surface area (Å²) in [7, 11) is 0. The summed E-state index contributed by atoms with van der Waals surface area (Å²) in [5, 5.41) is 6.08. The van der Waals surface area contributed by atoms with Gasteiger partial charge in [0.15, 0.2) is 0 Å². The first kappa shape index (κ1) is 16.4. The second kappa shape index (κ2) is 7.88. The van der Waals surface area contributed by atoms with Crippen LogP contribution in [0, 0.1) is 0 Å². The van der Waals surface area contributed by atoms with Crippen LogP contribution in [0.3, 0.4) is 0 Å². The molecule has 2 unspecified atom stereocenters. The topological polar surface area (TPSA) is 62.8 Å². The van der Waals surface area contributed by atoms with Crippen LogP contribution in [0.15, 0.2) is 24.3 Å². The molecule has 0 saturated carbocycles. The van der Waals surface area contributed by atoms with Gasteiger partial charge in [0.1, 0.15) is 6.10 Å². The maximum Gasteiger partial charge on any atom is 0.254 e. The average Bonchev–Trinajstić information content (AvgIpc) is 2.63. The maximum atomic E-state index is 12.1. The molecule has 23 heavy (non-hydrogen) atoms. The number of benzene rings is 1. The van der Waals surface area contributed by atoms with Gasteiger partial charge in [-0.05, 0) is 24.6 Å². The van der Waals surface area contributed by atoms with Crippen LogP contribution in [-0.4, -0.2) is 62.9 Å². The van der Waals surface area contributed by atoms with Crippen molar-refractivity contribution in [2.45, 2.75) is 19.1 Å². The third-order valence-electron chi connectivity index (χ3n) is 4.47. The van der Waals surface area contributed by atoms with Crippen molar-refractivity contribution in [1.82, 2.24) is 10.2 Å². The molecule has 2 aliphatic rings. The van der Waals surface area contributed by atoms with Crippen LogP contribution in [0.25, 0.3) is 0 Å². The molecule has 2 heterocycles. The van der Waals surface area contributed by atoms with Gasteiger partial charge in [0, 0.05) is 37.9 Å². The lowest BCUT2D eigenvalue weighted by atomic mass is 10.1. The predicted molar refractivity (Wildman–Crippen MR) is 88.5 cm³/mol. The predicted octanol–water partition coefficient (Wildman–Crippen LogP) is 1.01. The number of carbonyl (C=O) groups excluding carboxylic acids is 1. The summed E-state index contributed by atoms with van der Waals surface area (Å²) < 4.78 is 10.9. The van der Waals surface area contributed by atoms with Gasteiger partial charge >= 0.3 is 0 Å². The number of hydrogen-bond donors (Lipinski definition) is 2. The molecular formula is C17H25N3O3. The molecule has 3 rings (SSSR count). The Balaban J connectivity index is 1.56. The molecule has 0 aliphatic carbocycles. The van der Waals surface area contributed by atoms with Crippen LogP contribution >= 0.6 is 0 Å². The van der Waals surface area contributed by atoms with E-state index in [1.807, 2.05) is 12.1 Å². The molecule has 2 aliphatic heterocycles. The third kappa shape index (κ3) is 4.29. The van der Waals surface area contributed by atoms with Gasteiger partial charge in [0.2, 0.25) is 0 Å². The molecule has 0 bridgehead atoms. The Morgan fingerprint density at radius 2 is 2.00 bits per heavy atom. The Bertz CT molecular complexity index is 508. The molecule has 0 spiro atoms. The summed E-state index contributed by atoms with van der Waals surface area (Å²) in [6.07, 6.45) is -0.407. The molecule has 2 atom stereocenters. The highest BCUT2D eigenvalue weighted by Crippen LogP contribution is 2.22. The lowest BCUT2D eigenvalue weighted by molar-refractivity contribution is -0.128. The van der Waals surface area contributed by atoms with Crippen molar-refractivity contribution in [2.24, 2.45) is 0 Å². The van der Waals surface area contributed by atoms with E-state index in [4.69, 9.17) is 9.47 Å². The lowest BCUT2D eigenvalue weighted by Gasteiger charge is -2.32. The van der Waals surface area contributed by atoms with Crippen molar-refractivity contribution in [3.05, 3.63) is 29.8 Å². The first-order valence-corrected chi connectivity index (χ1v) is 8.29. The van der Waals surface area contributed by atoms with Gasteiger partial charge in [-0.2, -0.15) is 0 Å². The minimum atomic E-state index is -0.407. The van der Waals surface area contributed by atoms with Gasteiger partial charge in [0.25, 0.3) is 5.91 Å². The highest BCUT2D eigenvalue weighted by Gasteiger charge is 2.22. The number of anilines is 1. The molecule has 0 radical (unpaired) electrons. The molecule has 126 valence electrons. The van der Waals surface area contributed by atoms with E-state index in [1.165, 1.54) is 5.56 Å². The van der Waals surface area contributed by atoms with Crippen LogP contribution in [-0.2, 0) is 14.3 Å². The maximum absolute atomic E-state index is 12.1. The Kier molecular flexibility index (Phi) is 5.61. The number of nitrogens with one attached hydrogen (secondary N) is 2. The lowest BCUT2D eigenvalue weighted by Crippen LogP contribution is -2.45. The molecule has 2 saturated heterocycles. The summed E-state index contributed by atoms with van der Waals surface area (Å²) >= 11 is 0. The Morgan fingerprint density at radius 1 is 1.26 bits per heavy atom. The average molecular weight is 319 g/mol. The van der Waals surface area contributed by atoms with Crippen LogP contribution in [0.4, 0.5) is 5.69 Å². The quantitative estimate of drug-likeness (QED) is 0.867. The normalized spacial score (nSPS) is 24.1. The third-order valence-corrected chi connectivity index (χ3v) is 4.47. The molecule has 1 aromatic rings. The highest BCUT2D eigenvalue weighted by molar-refractivity contribution is 5.94. The SMILES string of the molecule is CC(c1ccc(NC(=O)C2CNCCO2)cc1)N1CCOCC1. The van der Waals surface area contributed by atoms with E-state index in [-0.39, 0.29) is 5.91 Å². The van der Waals surface area contributed by atoms with Crippen molar-refractivity contribution in [3.63, 3.8) is 0 Å². The van der Waals surface area contributed by atoms with Crippen molar-refractivity contribution in [3.8, 4) is 0 Å². The van der Waals surface area contributed by atoms with Gasteiger partial charge < -0.3 is 20.1 Å². The van der Waals surface area contributed by atoms with E-state index in [1.54, 1.807) is 0 Å². The molecule has 2 fully saturated rings. The van der Waals surface area contributed by atoms with Crippen molar-refractivity contribution in [2.75, 3.05) is 51.3 Å². The fourth-order valence-electron chi connectivity index (χ4n) is 2.98. The first-order chi connectivity index (χ1) is 11.2. The monoisotopic (exact) mass is 319 g/mol. The molecule has 1 amide bonds. The summed E-state index contributed by atoms with van der Waals surface area (Å²) in [5.41, 5.74) is 2.06. The Hall–Kier alpha value is -1.47. The standard InChI is InChI=1S/C17H25N3O3/c1-13(20-7-10-22-11-8-20)14-2-4-15(5-3-14)19-17(21)16-12-18-6-9-23-16/h2-5,13,16,18H,6-12H2,1H3,(H,19,21). The number of amides is 1. The van der Waals surface area contributed by atoms with E-state index >= 15 is 0 Å². The molecule has 2 N–H and O–H groups in total. The van der Waals surface area contributed by atoms with Crippen LogP contribution in [0.1, 0.15) is 18.5 Å². The molecule has 6 heteroatoms. The summed E-state index contributed by atoms with van der Waals surface area (Å²) in [6, 6.07) is 8.43. The zero-order chi connectivity index (χ0) is 16.1. The fourth-order valence-corrected chi connectivity index (χ4v) is 2.98. The van der Waals surface area contributed by atoms with Crippen LogP contribution < -0.4 is 10.6 Å². The summed E-state index contributed by atoms with van der Waals surface area (Å²) in [4.78, 5) is 14.6. The highest BCUT2D eigenvalue weighted by atomic mass is 16.5. The van der Waals surface area contributed by atoms with E-state index in [2.05, 4.69) is 34.6 Å². The largest absolute Gasteiger partial charge is 0.379 e. The molecular weight excluding hydrogens is 294 g/mol. The van der Waals surface area contributed by atoms with Gasteiger partial charge in [-0.15, -0.1) is 0 Å². The zero-order valence-corrected chi connectivity index (χ0v) is 13.6. The van der Waals surface area contributed by atoms with Gasteiger partial charge in [-0.1, -0.05) is 12.1 Å². The molecule has 0 aromatic heterocycles. The van der Waals surface area contributed by atoms with Crippen LogP contribution in [0.2, 0.25) is 0 Å². The summed E-state index contributed by atoms with van der Waals surface area (Å²) in [6.45, 7) is 7.68. The number of nitrogens with zero attached hydrogens (tertiary/aromatic N) is 1. The van der Waals surface area contributed by atoms with Crippen molar-refractivity contribution >= 4 is 11.6 Å². The number of carbonyl (C=O) groups is 1. The van der Waals surface area contributed by atoms with Gasteiger partial charge in [0.05, 0.1) is 19.8 Å². The molecule has 6 nitrogen and oxygen atoms in total. The fraction of sp³-hybridized carbons (Fsp3) is 0.588. The van der Waals surface area contributed by atoms with Gasteiger partial charge in [-0.25, -0.2) is 0 Å². The zero-order valence-electron chi connectivity index (χ0n) is 13.6. The number of hydrogen-bond acceptors (Lipinski definition) is 5. The second-order valence-electron chi connectivity index (χ2n) is 6.00. The Labute approximate surface area is 137 Å². The van der Waals surface area contributed by atoms with E-state index in [9.17, 15) is 4.79 Å².